The summed E-state index contributed by atoms with van der Waals surface area (Å²) in [5.41, 5.74) is 1.41. The third-order valence-electron chi connectivity index (χ3n) is 1.58. The predicted octanol–water partition coefficient (Wildman–Crippen LogP) is 3.00. The molecule has 0 saturated carbocycles. The van der Waals surface area contributed by atoms with Crippen molar-refractivity contribution in [3.63, 3.8) is 0 Å². The normalized spacial score (nSPS) is 9.08. The molecule has 1 rings (SSSR count). The fourth-order valence-electron chi connectivity index (χ4n) is 1.00. The van der Waals surface area contributed by atoms with Gasteiger partial charge in [-0.3, -0.25) is 4.79 Å². The van der Waals surface area contributed by atoms with Gasteiger partial charge >= 0.3 is 0 Å². The molecule has 0 heterocycles. The van der Waals surface area contributed by atoms with Crippen LogP contribution < -0.4 is 0 Å². The summed E-state index contributed by atoms with van der Waals surface area (Å²) in [6, 6.07) is 5.49. The lowest BCUT2D eigenvalue weighted by Gasteiger charge is -2.01. The number of thiocarbonyl (C=S) groups is 1. The highest BCUT2D eigenvalue weighted by Gasteiger charge is 2.10. The molecule has 2 nitrogen and oxygen atoms in total. The van der Waals surface area contributed by atoms with E-state index in [9.17, 15) is 4.79 Å². The van der Waals surface area contributed by atoms with Crippen molar-refractivity contribution in [2.24, 2.45) is 4.99 Å². The van der Waals surface area contributed by atoms with Gasteiger partial charge in [-0.2, -0.15) is 4.99 Å². The molecule has 0 N–H and O–H groups in total. The van der Waals surface area contributed by atoms with E-state index in [1.165, 1.54) is 0 Å². The lowest BCUT2D eigenvalue weighted by molar-refractivity contribution is 0.100. The van der Waals surface area contributed by atoms with Gasteiger partial charge in [-0.1, -0.05) is 12.1 Å². The summed E-state index contributed by atoms with van der Waals surface area (Å²) in [7, 11) is 0. The topological polar surface area (TPSA) is 29.4 Å². The van der Waals surface area contributed by atoms with Crippen molar-refractivity contribution in [2.45, 2.75) is 6.92 Å². The summed E-state index contributed by atoms with van der Waals surface area (Å²) in [6.07, 6.45) is 0. The SMILES string of the molecule is Cc1cccc(Br)c1C(=O)N=C=S. The minimum atomic E-state index is -0.361. The van der Waals surface area contributed by atoms with Gasteiger partial charge < -0.3 is 0 Å². The number of aliphatic imine (C=N–C) groups is 1. The molecule has 0 atom stereocenters. The lowest BCUT2D eigenvalue weighted by Crippen LogP contribution is -1.98. The van der Waals surface area contributed by atoms with Crippen LogP contribution in [0.4, 0.5) is 0 Å². The number of aryl methyl sites for hydroxylation is 1. The van der Waals surface area contributed by atoms with Crippen LogP contribution in [0.5, 0.6) is 0 Å². The van der Waals surface area contributed by atoms with Gasteiger partial charge in [0, 0.05) is 4.47 Å². The van der Waals surface area contributed by atoms with Crippen LogP contribution in [0.2, 0.25) is 0 Å². The Hall–Kier alpha value is -0.830. The Kier molecular flexibility index (Phi) is 3.48. The average Bonchev–Trinajstić information content (AvgIpc) is 2.04. The number of nitrogens with zero attached hydrogens (tertiary/aromatic N) is 1. The van der Waals surface area contributed by atoms with Crippen molar-refractivity contribution in [3.8, 4) is 0 Å². The summed E-state index contributed by atoms with van der Waals surface area (Å²) >= 11 is 7.64. The highest BCUT2D eigenvalue weighted by molar-refractivity contribution is 9.10. The third kappa shape index (κ3) is 2.31. The summed E-state index contributed by atoms with van der Waals surface area (Å²) in [4.78, 5) is 14.8. The Labute approximate surface area is 89.8 Å². The molecule has 0 fully saturated rings. The summed E-state index contributed by atoms with van der Waals surface area (Å²) < 4.78 is 0.728. The van der Waals surface area contributed by atoms with Crippen LogP contribution in [-0.2, 0) is 0 Å². The van der Waals surface area contributed by atoms with Crippen LogP contribution >= 0.6 is 28.1 Å². The molecule has 0 bridgehead atoms. The maximum absolute atomic E-state index is 11.4. The second-order valence-corrected chi connectivity index (χ2v) is 3.48. The largest absolute Gasteiger partial charge is 0.287 e. The molecular weight excluding hydrogens is 250 g/mol. The number of hydrogen-bond acceptors (Lipinski definition) is 2. The monoisotopic (exact) mass is 255 g/mol. The van der Waals surface area contributed by atoms with E-state index in [1.54, 1.807) is 6.07 Å². The second-order valence-electron chi connectivity index (χ2n) is 2.44. The Balaban J connectivity index is 3.27. The maximum Gasteiger partial charge on any atom is 0.287 e. The first kappa shape index (κ1) is 10.3. The molecule has 0 saturated heterocycles. The van der Waals surface area contributed by atoms with Gasteiger partial charge in [0.25, 0.3) is 5.91 Å². The van der Waals surface area contributed by atoms with Crippen LogP contribution in [-0.4, -0.2) is 11.1 Å². The highest BCUT2D eigenvalue weighted by atomic mass is 79.9. The number of hydrogen-bond donors (Lipinski definition) is 0. The zero-order valence-corrected chi connectivity index (χ0v) is 9.28. The van der Waals surface area contributed by atoms with Crippen molar-refractivity contribution in [3.05, 3.63) is 33.8 Å². The molecule has 0 spiro atoms. The first-order valence-electron chi connectivity index (χ1n) is 3.54. The first-order valence-corrected chi connectivity index (χ1v) is 4.74. The number of carbonyl (C=O) groups excluding carboxylic acids is 1. The van der Waals surface area contributed by atoms with Gasteiger partial charge in [0.05, 0.1) is 10.7 Å². The molecule has 1 amide bonds. The van der Waals surface area contributed by atoms with Crippen molar-refractivity contribution in [2.75, 3.05) is 0 Å². The number of amides is 1. The van der Waals surface area contributed by atoms with Gasteiger partial charge in [0.1, 0.15) is 0 Å². The summed E-state index contributed by atoms with van der Waals surface area (Å²) in [6.45, 7) is 1.84. The van der Waals surface area contributed by atoms with E-state index in [1.807, 2.05) is 19.1 Å². The molecule has 0 unspecified atom stereocenters. The number of rotatable bonds is 1. The standard InChI is InChI=1S/C9H6BrNOS/c1-6-3-2-4-7(10)8(6)9(12)11-5-13/h2-4H,1H3. The number of isothiocyanates is 1. The number of benzene rings is 1. The van der Waals surface area contributed by atoms with E-state index in [0.717, 1.165) is 10.0 Å². The zero-order valence-electron chi connectivity index (χ0n) is 6.87. The Morgan fingerprint density at radius 1 is 1.62 bits per heavy atom. The smallest absolute Gasteiger partial charge is 0.266 e. The average molecular weight is 256 g/mol. The zero-order chi connectivity index (χ0) is 9.84. The molecule has 1 aromatic carbocycles. The van der Waals surface area contributed by atoms with Gasteiger partial charge in [-0.25, -0.2) is 0 Å². The van der Waals surface area contributed by atoms with Crippen LogP contribution in [0.15, 0.2) is 27.7 Å². The molecule has 0 aliphatic rings. The van der Waals surface area contributed by atoms with Crippen molar-refractivity contribution < 1.29 is 4.79 Å². The Morgan fingerprint density at radius 2 is 2.31 bits per heavy atom. The van der Waals surface area contributed by atoms with E-state index in [-0.39, 0.29) is 5.91 Å². The lowest BCUT2D eigenvalue weighted by atomic mass is 10.1. The van der Waals surface area contributed by atoms with Gasteiger partial charge in [0.15, 0.2) is 0 Å². The molecule has 1 aromatic rings. The van der Waals surface area contributed by atoms with E-state index >= 15 is 0 Å². The highest BCUT2D eigenvalue weighted by Crippen LogP contribution is 2.20. The van der Waals surface area contributed by atoms with Crippen molar-refractivity contribution >= 4 is 39.2 Å². The van der Waals surface area contributed by atoms with Crippen LogP contribution in [0.25, 0.3) is 0 Å². The number of carbonyl (C=O) groups is 1. The van der Waals surface area contributed by atoms with Crippen molar-refractivity contribution in [1.29, 1.82) is 0 Å². The fraction of sp³-hybridized carbons (Fsp3) is 0.111. The van der Waals surface area contributed by atoms with Gasteiger partial charge in [-0.15, -0.1) is 0 Å². The molecule has 0 radical (unpaired) electrons. The second kappa shape index (κ2) is 4.42. The molecule has 0 aliphatic heterocycles. The van der Waals surface area contributed by atoms with Crippen LogP contribution in [0.1, 0.15) is 15.9 Å². The maximum atomic E-state index is 11.4. The first-order chi connectivity index (χ1) is 6.16. The van der Waals surface area contributed by atoms with E-state index in [4.69, 9.17) is 0 Å². The molecule has 0 aromatic heterocycles. The van der Waals surface area contributed by atoms with Crippen molar-refractivity contribution in [1.82, 2.24) is 0 Å². The van der Waals surface area contributed by atoms with E-state index in [2.05, 4.69) is 38.3 Å². The number of halogens is 1. The Morgan fingerprint density at radius 3 is 2.85 bits per heavy atom. The molecule has 66 valence electrons. The van der Waals surface area contributed by atoms with Crippen LogP contribution in [0, 0.1) is 6.92 Å². The molecular formula is C9H6BrNOS. The molecule has 13 heavy (non-hydrogen) atoms. The van der Waals surface area contributed by atoms with Gasteiger partial charge in [-0.05, 0) is 46.7 Å². The summed E-state index contributed by atoms with van der Waals surface area (Å²) in [5.74, 6) is -0.361. The third-order valence-corrected chi connectivity index (χ3v) is 2.34. The summed E-state index contributed by atoms with van der Waals surface area (Å²) in [5, 5.41) is 2.06. The fourth-order valence-corrected chi connectivity index (χ4v) is 1.72. The Bertz CT molecular complexity index is 376. The quantitative estimate of drug-likeness (QED) is 0.571. The minimum Gasteiger partial charge on any atom is -0.266 e. The predicted molar refractivity (Wildman–Crippen MR) is 58.2 cm³/mol. The molecule has 4 heteroatoms. The van der Waals surface area contributed by atoms with E-state index in [0.29, 0.717) is 5.56 Å². The minimum absolute atomic E-state index is 0.361. The van der Waals surface area contributed by atoms with Crippen LogP contribution in [0.3, 0.4) is 0 Å². The molecule has 0 aliphatic carbocycles. The van der Waals surface area contributed by atoms with Gasteiger partial charge in [0.2, 0.25) is 0 Å². The van der Waals surface area contributed by atoms with E-state index < -0.39 is 0 Å².